The molecule has 0 rings (SSSR count). The fourth-order valence-corrected chi connectivity index (χ4v) is 1.01. The molecule has 0 radical (unpaired) electrons. The van der Waals surface area contributed by atoms with Gasteiger partial charge in [-0.1, -0.05) is 11.6 Å². The predicted molar refractivity (Wildman–Crippen MR) is 42.4 cm³/mol. The standard InChI is InChI=1S/C6H13O4P/c1-6(5-7)3-2-4-11(8,9)10/h3,7H,2,4-5H2,1H3,(H2,8,9,10). The van der Waals surface area contributed by atoms with Gasteiger partial charge in [0.25, 0.3) is 0 Å². The summed E-state index contributed by atoms with van der Waals surface area (Å²) in [4.78, 5) is 16.8. The van der Waals surface area contributed by atoms with Crippen molar-refractivity contribution < 1.29 is 19.5 Å². The molecule has 0 heterocycles. The summed E-state index contributed by atoms with van der Waals surface area (Å²) in [6.07, 6.45) is 1.79. The van der Waals surface area contributed by atoms with Gasteiger partial charge >= 0.3 is 7.60 Å². The zero-order valence-electron chi connectivity index (χ0n) is 6.40. The van der Waals surface area contributed by atoms with Gasteiger partial charge in [-0.25, -0.2) is 0 Å². The van der Waals surface area contributed by atoms with Gasteiger partial charge < -0.3 is 14.9 Å². The Balaban J connectivity index is 3.66. The van der Waals surface area contributed by atoms with Gasteiger partial charge in [-0.3, -0.25) is 4.57 Å². The molecule has 0 unspecified atom stereocenters. The van der Waals surface area contributed by atoms with Crippen LogP contribution in [0.3, 0.4) is 0 Å². The topological polar surface area (TPSA) is 77.8 Å². The molecule has 0 spiro atoms. The fraction of sp³-hybridized carbons (Fsp3) is 0.667. The lowest BCUT2D eigenvalue weighted by atomic mass is 10.3. The lowest BCUT2D eigenvalue weighted by Crippen LogP contribution is -1.88. The number of rotatable bonds is 4. The van der Waals surface area contributed by atoms with Crippen molar-refractivity contribution in [1.29, 1.82) is 0 Å². The van der Waals surface area contributed by atoms with Gasteiger partial charge in [0, 0.05) is 0 Å². The van der Waals surface area contributed by atoms with E-state index in [1.807, 2.05) is 0 Å². The van der Waals surface area contributed by atoms with Crippen LogP contribution in [0.4, 0.5) is 0 Å². The van der Waals surface area contributed by atoms with Crippen LogP contribution in [-0.2, 0) is 4.57 Å². The molecule has 0 amide bonds. The highest BCUT2D eigenvalue weighted by atomic mass is 31.2. The molecular weight excluding hydrogens is 167 g/mol. The molecule has 0 bridgehead atoms. The highest BCUT2D eigenvalue weighted by Gasteiger charge is 2.09. The Hall–Kier alpha value is -0.150. The van der Waals surface area contributed by atoms with Crippen molar-refractivity contribution in [2.24, 2.45) is 0 Å². The smallest absolute Gasteiger partial charge is 0.325 e. The van der Waals surface area contributed by atoms with E-state index < -0.39 is 7.60 Å². The van der Waals surface area contributed by atoms with E-state index in [1.165, 1.54) is 0 Å². The van der Waals surface area contributed by atoms with E-state index in [0.29, 0.717) is 6.42 Å². The van der Waals surface area contributed by atoms with Crippen LogP contribution in [0.25, 0.3) is 0 Å². The van der Waals surface area contributed by atoms with Crippen LogP contribution >= 0.6 is 7.60 Å². The number of aliphatic hydroxyl groups excluding tert-OH is 1. The van der Waals surface area contributed by atoms with Crippen molar-refractivity contribution >= 4 is 7.60 Å². The minimum absolute atomic E-state index is 0.0544. The highest BCUT2D eigenvalue weighted by molar-refractivity contribution is 7.51. The third-order valence-electron chi connectivity index (χ3n) is 1.16. The second kappa shape index (κ2) is 4.67. The lowest BCUT2D eigenvalue weighted by molar-refractivity contribution is 0.330. The first-order valence-electron chi connectivity index (χ1n) is 3.27. The summed E-state index contributed by atoms with van der Waals surface area (Å²) >= 11 is 0. The van der Waals surface area contributed by atoms with Crippen molar-refractivity contribution in [2.75, 3.05) is 12.8 Å². The number of hydrogen-bond donors (Lipinski definition) is 3. The zero-order chi connectivity index (χ0) is 8.91. The number of aliphatic hydroxyl groups is 1. The Bertz CT molecular complexity index is 181. The SMILES string of the molecule is CC(=CCCP(=O)(O)O)CO. The number of allylic oxidation sites excluding steroid dienone is 1. The minimum atomic E-state index is -3.86. The molecule has 0 aliphatic rings. The Kier molecular flexibility index (Phi) is 4.61. The van der Waals surface area contributed by atoms with Crippen molar-refractivity contribution in [2.45, 2.75) is 13.3 Å². The van der Waals surface area contributed by atoms with Gasteiger partial charge in [0.2, 0.25) is 0 Å². The van der Waals surface area contributed by atoms with E-state index >= 15 is 0 Å². The maximum absolute atomic E-state index is 10.3. The van der Waals surface area contributed by atoms with E-state index in [-0.39, 0.29) is 12.8 Å². The summed E-state index contributed by atoms with van der Waals surface area (Å²) in [5.41, 5.74) is 0.735. The van der Waals surface area contributed by atoms with Crippen LogP contribution in [0.2, 0.25) is 0 Å². The van der Waals surface area contributed by atoms with Crippen LogP contribution in [-0.4, -0.2) is 27.7 Å². The average Bonchev–Trinajstić information content (AvgIpc) is 1.85. The van der Waals surface area contributed by atoms with Gasteiger partial charge in [0.15, 0.2) is 0 Å². The molecule has 0 aliphatic heterocycles. The summed E-state index contributed by atoms with van der Waals surface area (Å²) in [5.74, 6) is 0. The van der Waals surface area contributed by atoms with Crippen molar-refractivity contribution in [3.63, 3.8) is 0 Å². The molecule has 0 aromatic rings. The lowest BCUT2D eigenvalue weighted by Gasteiger charge is -2.00. The predicted octanol–water partition coefficient (Wildman–Crippen LogP) is 0.493. The van der Waals surface area contributed by atoms with E-state index in [4.69, 9.17) is 14.9 Å². The maximum atomic E-state index is 10.3. The summed E-state index contributed by atoms with van der Waals surface area (Å²) in [5, 5.41) is 8.50. The van der Waals surface area contributed by atoms with Crippen LogP contribution in [0.1, 0.15) is 13.3 Å². The van der Waals surface area contributed by atoms with Crippen LogP contribution < -0.4 is 0 Å². The summed E-state index contributed by atoms with van der Waals surface area (Å²) < 4.78 is 10.3. The highest BCUT2D eigenvalue weighted by Crippen LogP contribution is 2.34. The van der Waals surface area contributed by atoms with Crippen LogP contribution in [0, 0.1) is 0 Å². The fourth-order valence-electron chi connectivity index (χ4n) is 0.544. The van der Waals surface area contributed by atoms with Crippen LogP contribution in [0.15, 0.2) is 11.6 Å². The first-order valence-corrected chi connectivity index (χ1v) is 5.06. The van der Waals surface area contributed by atoms with Crippen molar-refractivity contribution in [3.8, 4) is 0 Å². The van der Waals surface area contributed by atoms with E-state index in [9.17, 15) is 4.57 Å². The molecule has 0 saturated heterocycles. The molecule has 0 aromatic heterocycles. The first kappa shape index (κ1) is 10.8. The van der Waals surface area contributed by atoms with E-state index in [0.717, 1.165) is 5.57 Å². The third-order valence-corrected chi connectivity index (χ3v) is 2.00. The molecule has 0 saturated carbocycles. The molecule has 66 valence electrons. The van der Waals surface area contributed by atoms with E-state index in [2.05, 4.69) is 0 Å². The zero-order valence-corrected chi connectivity index (χ0v) is 7.29. The Morgan fingerprint density at radius 2 is 2.09 bits per heavy atom. The van der Waals surface area contributed by atoms with Gasteiger partial charge in [-0.05, 0) is 13.3 Å². The Morgan fingerprint density at radius 1 is 1.55 bits per heavy atom. The van der Waals surface area contributed by atoms with Gasteiger partial charge in [0.1, 0.15) is 0 Å². The molecule has 3 N–H and O–H groups in total. The average molecular weight is 180 g/mol. The molecule has 5 heteroatoms. The molecular formula is C6H13O4P. The summed E-state index contributed by atoms with van der Waals surface area (Å²) in [7, 11) is -3.86. The summed E-state index contributed by atoms with van der Waals surface area (Å²) in [6.45, 7) is 1.65. The molecule has 4 nitrogen and oxygen atoms in total. The van der Waals surface area contributed by atoms with Gasteiger partial charge in [-0.15, -0.1) is 0 Å². The largest absolute Gasteiger partial charge is 0.392 e. The second-order valence-electron chi connectivity index (χ2n) is 2.39. The summed E-state index contributed by atoms with van der Waals surface area (Å²) in [6, 6.07) is 0. The van der Waals surface area contributed by atoms with Crippen molar-refractivity contribution in [3.05, 3.63) is 11.6 Å². The molecule has 0 aromatic carbocycles. The first-order chi connectivity index (χ1) is 4.95. The van der Waals surface area contributed by atoms with E-state index in [1.54, 1.807) is 13.0 Å². The quantitative estimate of drug-likeness (QED) is 0.434. The molecule has 0 fully saturated rings. The second-order valence-corrected chi connectivity index (χ2v) is 4.16. The molecule has 0 atom stereocenters. The minimum Gasteiger partial charge on any atom is -0.392 e. The van der Waals surface area contributed by atoms with Crippen molar-refractivity contribution in [1.82, 2.24) is 0 Å². The molecule has 11 heavy (non-hydrogen) atoms. The normalized spacial score (nSPS) is 13.6. The third kappa shape index (κ3) is 7.75. The maximum Gasteiger partial charge on any atom is 0.325 e. The monoisotopic (exact) mass is 180 g/mol. The van der Waals surface area contributed by atoms with Gasteiger partial charge in [0.05, 0.1) is 12.8 Å². The Labute approximate surface area is 65.7 Å². The van der Waals surface area contributed by atoms with Crippen LogP contribution in [0.5, 0.6) is 0 Å². The Morgan fingerprint density at radius 3 is 2.45 bits per heavy atom. The molecule has 0 aliphatic carbocycles. The van der Waals surface area contributed by atoms with Gasteiger partial charge in [-0.2, -0.15) is 0 Å². The number of hydrogen-bond acceptors (Lipinski definition) is 2.